The van der Waals surface area contributed by atoms with Crippen molar-refractivity contribution >= 4 is 33.6 Å². The number of ether oxygens (including phenoxy) is 1. The molecule has 0 atom stereocenters. The number of rotatable bonds is 4. The third-order valence-electron chi connectivity index (χ3n) is 3.45. The van der Waals surface area contributed by atoms with E-state index in [4.69, 9.17) is 4.74 Å². The van der Waals surface area contributed by atoms with E-state index in [0.29, 0.717) is 17.0 Å². The van der Waals surface area contributed by atoms with E-state index >= 15 is 0 Å². The Morgan fingerprint density at radius 1 is 1.25 bits per heavy atom. The first kappa shape index (κ1) is 17.8. The largest absolute Gasteiger partial charge is 0.497 e. The number of carbonyl (C=O) groups excluding carboxylic acids is 1. The lowest BCUT2D eigenvalue weighted by atomic mass is 10.1. The number of methoxy groups -OCH3 is 1. The van der Waals surface area contributed by atoms with Crippen LogP contribution in [0, 0.1) is 25.2 Å². The summed E-state index contributed by atoms with van der Waals surface area (Å²) >= 11 is 3.38. The third kappa shape index (κ3) is 4.46. The summed E-state index contributed by atoms with van der Waals surface area (Å²) in [5, 5.41) is 12.1. The molecule has 0 aromatic heterocycles. The molecular weight excluding hydrogens is 368 g/mol. The van der Waals surface area contributed by atoms with E-state index in [1.54, 1.807) is 19.2 Å². The Morgan fingerprint density at radius 2 is 2.00 bits per heavy atom. The second kappa shape index (κ2) is 7.80. The molecule has 0 aliphatic heterocycles. The second-order valence-electron chi connectivity index (χ2n) is 5.37. The highest BCUT2D eigenvalue weighted by Crippen LogP contribution is 2.23. The fraction of sp³-hybridized carbons (Fsp3) is 0.158. The predicted octanol–water partition coefficient (Wildman–Crippen LogP) is 4.62. The molecule has 1 amide bonds. The molecule has 4 nitrogen and oxygen atoms in total. The van der Waals surface area contributed by atoms with Crippen LogP contribution in [0.15, 0.2) is 46.4 Å². The molecule has 0 bridgehead atoms. The fourth-order valence-electron chi connectivity index (χ4n) is 2.16. The summed E-state index contributed by atoms with van der Waals surface area (Å²) in [5.41, 5.74) is 3.41. The lowest BCUT2D eigenvalue weighted by Gasteiger charge is -2.09. The molecular formula is C19H17BrN2O2. The zero-order chi connectivity index (χ0) is 17.7. The zero-order valence-corrected chi connectivity index (χ0v) is 15.3. The van der Waals surface area contributed by atoms with Gasteiger partial charge in [0, 0.05) is 10.2 Å². The van der Waals surface area contributed by atoms with Crippen molar-refractivity contribution in [3.63, 3.8) is 0 Å². The Morgan fingerprint density at radius 3 is 2.67 bits per heavy atom. The lowest BCUT2D eigenvalue weighted by Crippen LogP contribution is -2.14. The third-order valence-corrected chi connectivity index (χ3v) is 3.90. The number of hydrogen-bond donors (Lipinski definition) is 1. The minimum absolute atomic E-state index is 0.0241. The number of amides is 1. The molecule has 0 unspecified atom stereocenters. The van der Waals surface area contributed by atoms with Gasteiger partial charge < -0.3 is 10.1 Å². The summed E-state index contributed by atoms with van der Waals surface area (Å²) in [6.45, 7) is 3.86. The number of nitriles is 1. The molecule has 5 heteroatoms. The van der Waals surface area contributed by atoms with Gasteiger partial charge in [-0.25, -0.2) is 0 Å². The van der Waals surface area contributed by atoms with Crippen LogP contribution in [0.2, 0.25) is 0 Å². The molecule has 1 N–H and O–H groups in total. The molecule has 2 rings (SSSR count). The molecule has 0 aliphatic rings. The summed E-state index contributed by atoms with van der Waals surface area (Å²) in [6.07, 6.45) is 1.54. The van der Waals surface area contributed by atoms with E-state index in [2.05, 4.69) is 21.2 Å². The highest BCUT2D eigenvalue weighted by Gasteiger charge is 2.11. The Labute approximate surface area is 149 Å². The maximum Gasteiger partial charge on any atom is 0.266 e. The Hall–Kier alpha value is -2.58. The van der Waals surface area contributed by atoms with Crippen molar-refractivity contribution in [2.75, 3.05) is 12.4 Å². The number of anilines is 1. The van der Waals surface area contributed by atoms with Gasteiger partial charge in [-0.05, 0) is 60.9 Å². The second-order valence-corrected chi connectivity index (χ2v) is 6.28. The van der Waals surface area contributed by atoms with E-state index in [0.717, 1.165) is 15.6 Å². The molecule has 0 saturated heterocycles. The molecule has 0 heterocycles. The van der Waals surface area contributed by atoms with Crippen molar-refractivity contribution in [1.82, 2.24) is 0 Å². The van der Waals surface area contributed by atoms with E-state index < -0.39 is 5.91 Å². The maximum atomic E-state index is 12.4. The average molecular weight is 385 g/mol. The van der Waals surface area contributed by atoms with Crippen LogP contribution in [0.3, 0.4) is 0 Å². The average Bonchev–Trinajstić information content (AvgIpc) is 2.55. The van der Waals surface area contributed by atoms with Gasteiger partial charge in [-0.2, -0.15) is 5.26 Å². The van der Waals surface area contributed by atoms with Gasteiger partial charge in [0.25, 0.3) is 5.91 Å². The number of carbonyl (C=O) groups is 1. The molecule has 0 radical (unpaired) electrons. The van der Waals surface area contributed by atoms with Crippen LogP contribution < -0.4 is 10.1 Å². The monoisotopic (exact) mass is 384 g/mol. The van der Waals surface area contributed by atoms with Crippen LogP contribution in [0.5, 0.6) is 5.75 Å². The quantitative estimate of drug-likeness (QED) is 0.617. The van der Waals surface area contributed by atoms with Crippen LogP contribution in [0.25, 0.3) is 6.08 Å². The molecule has 0 saturated carbocycles. The molecule has 2 aromatic carbocycles. The molecule has 0 spiro atoms. The SMILES string of the molecule is COc1cc(Br)cc(/C=C(\C#N)C(=O)Nc2cc(C)ccc2C)c1. The summed E-state index contributed by atoms with van der Waals surface area (Å²) in [7, 11) is 1.56. The first-order valence-corrected chi connectivity index (χ1v) is 8.07. The Balaban J connectivity index is 2.31. The first-order valence-electron chi connectivity index (χ1n) is 7.28. The van der Waals surface area contributed by atoms with Crippen LogP contribution in [-0.2, 0) is 4.79 Å². The normalized spacial score (nSPS) is 10.9. The predicted molar refractivity (Wildman–Crippen MR) is 98.8 cm³/mol. The van der Waals surface area contributed by atoms with E-state index in [1.807, 2.05) is 44.2 Å². The first-order chi connectivity index (χ1) is 11.4. The van der Waals surface area contributed by atoms with Crippen LogP contribution in [0.1, 0.15) is 16.7 Å². The van der Waals surface area contributed by atoms with Crippen molar-refractivity contribution in [3.05, 3.63) is 63.1 Å². The lowest BCUT2D eigenvalue weighted by molar-refractivity contribution is -0.112. The topological polar surface area (TPSA) is 62.1 Å². The summed E-state index contributed by atoms with van der Waals surface area (Å²) < 4.78 is 6.00. The van der Waals surface area contributed by atoms with Crippen LogP contribution in [-0.4, -0.2) is 13.0 Å². The number of benzene rings is 2. The van der Waals surface area contributed by atoms with Crippen LogP contribution >= 0.6 is 15.9 Å². The van der Waals surface area contributed by atoms with Gasteiger partial charge in [-0.15, -0.1) is 0 Å². The van der Waals surface area contributed by atoms with Gasteiger partial charge in [0.05, 0.1) is 7.11 Å². The summed E-state index contributed by atoms with van der Waals surface area (Å²) in [4.78, 5) is 12.4. The van der Waals surface area contributed by atoms with Crippen molar-refractivity contribution in [2.45, 2.75) is 13.8 Å². The van der Waals surface area contributed by atoms with Gasteiger partial charge >= 0.3 is 0 Å². The van der Waals surface area contributed by atoms with Gasteiger partial charge in [0.1, 0.15) is 17.4 Å². The van der Waals surface area contributed by atoms with Gasteiger partial charge in [0.15, 0.2) is 0 Å². The maximum absolute atomic E-state index is 12.4. The summed E-state index contributed by atoms with van der Waals surface area (Å²) in [5.74, 6) is 0.202. The smallest absolute Gasteiger partial charge is 0.266 e. The molecule has 0 fully saturated rings. The van der Waals surface area contributed by atoms with E-state index in [-0.39, 0.29) is 5.57 Å². The molecule has 2 aromatic rings. The Kier molecular flexibility index (Phi) is 5.78. The molecule has 0 aliphatic carbocycles. The summed E-state index contributed by atoms with van der Waals surface area (Å²) in [6, 6.07) is 13.1. The molecule has 122 valence electrons. The van der Waals surface area contributed by atoms with E-state index in [9.17, 15) is 10.1 Å². The standard InChI is InChI=1S/C19H17BrN2O2/c1-12-4-5-13(2)18(6-12)22-19(23)15(11-21)7-14-8-16(20)10-17(9-14)24-3/h4-10H,1-3H3,(H,22,23)/b15-7+. The van der Waals surface area contributed by atoms with Crippen LogP contribution in [0.4, 0.5) is 5.69 Å². The zero-order valence-electron chi connectivity index (χ0n) is 13.7. The minimum atomic E-state index is -0.440. The number of nitrogens with one attached hydrogen (secondary N) is 1. The number of aryl methyl sites for hydroxylation is 2. The highest BCUT2D eigenvalue weighted by atomic mass is 79.9. The van der Waals surface area contributed by atoms with Gasteiger partial charge in [-0.3, -0.25) is 4.79 Å². The van der Waals surface area contributed by atoms with Crippen molar-refractivity contribution in [1.29, 1.82) is 5.26 Å². The van der Waals surface area contributed by atoms with Gasteiger partial charge in [-0.1, -0.05) is 28.1 Å². The fourth-order valence-corrected chi connectivity index (χ4v) is 2.65. The van der Waals surface area contributed by atoms with E-state index in [1.165, 1.54) is 6.08 Å². The van der Waals surface area contributed by atoms with Gasteiger partial charge in [0.2, 0.25) is 0 Å². The molecule has 24 heavy (non-hydrogen) atoms. The number of nitrogens with zero attached hydrogens (tertiary/aromatic N) is 1. The van der Waals surface area contributed by atoms with Crippen molar-refractivity contribution in [3.8, 4) is 11.8 Å². The van der Waals surface area contributed by atoms with Crippen molar-refractivity contribution in [2.24, 2.45) is 0 Å². The van der Waals surface area contributed by atoms with Crippen molar-refractivity contribution < 1.29 is 9.53 Å². The minimum Gasteiger partial charge on any atom is -0.497 e. The Bertz CT molecular complexity index is 851. The number of halogens is 1. The number of hydrogen-bond acceptors (Lipinski definition) is 3. The highest BCUT2D eigenvalue weighted by molar-refractivity contribution is 9.10.